The number of aryl methyl sites for hydroxylation is 3. The van der Waals surface area contributed by atoms with Crippen molar-refractivity contribution >= 4 is 11.7 Å². The van der Waals surface area contributed by atoms with Gasteiger partial charge in [-0.3, -0.25) is 4.79 Å². The monoisotopic (exact) mass is 283 g/mol. The van der Waals surface area contributed by atoms with Gasteiger partial charge in [-0.05, 0) is 43.5 Å². The summed E-state index contributed by atoms with van der Waals surface area (Å²) in [6, 6.07) is 14.5. The molecule has 0 aliphatic rings. The summed E-state index contributed by atoms with van der Waals surface area (Å²) in [5.74, 6) is -0.761. The van der Waals surface area contributed by atoms with Gasteiger partial charge in [0.25, 0.3) is 0 Å². The second-order valence-electron chi connectivity index (χ2n) is 5.44. The van der Waals surface area contributed by atoms with Crippen LogP contribution in [0, 0.1) is 13.8 Å². The molecule has 2 N–H and O–H groups in total. The minimum atomic E-state index is -0.761. The van der Waals surface area contributed by atoms with Crippen molar-refractivity contribution in [3.63, 3.8) is 0 Å². The summed E-state index contributed by atoms with van der Waals surface area (Å²) in [7, 11) is 0. The van der Waals surface area contributed by atoms with Crippen molar-refractivity contribution in [3.8, 4) is 0 Å². The number of nitrogens with one attached hydrogen (secondary N) is 1. The average Bonchev–Trinajstić information content (AvgIpc) is 2.42. The van der Waals surface area contributed by atoms with Crippen molar-refractivity contribution in [1.82, 2.24) is 0 Å². The van der Waals surface area contributed by atoms with Gasteiger partial charge in [0.15, 0.2) is 0 Å². The molecule has 0 atom stereocenters. The topological polar surface area (TPSA) is 49.3 Å². The lowest BCUT2D eigenvalue weighted by Gasteiger charge is -2.10. The number of carbonyl (C=O) groups is 1. The van der Waals surface area contributed by atoms with Crippen LogP contribution in [-0.4, -0.2) is 11.1 Å². The smallest absolute Gasteiger partial charge is 0.303 e. The maximum Gasteiger partial charge on any atom is 0.303 e. The van der Waals surface area contributed by atoms with E-state index in [0.717, 1.165) is 17.8 Å². The van der Waals surface area contributed by atoms with E-state index in [4.69, 9.17) is 5.11 Å². The van der Waals surface area contributed by atoms with Gasteiger partial charge in [-0.1, -0.05) is 41.5 Å². The number of carboxylic acids is 1. The molecule has 21 heavy (non-hydrogen) atoms. The molecule has 0 saturated carbocycles. The van der Waals surface area contributed by atoms with Crippen molar-refractivity contribution in [1.29, 1.82) is 0 Å². The Morgan fingerprint density at radius 1 is 1.05 bits per heavy atom. The molecule has 2 rings (SSSR count). The molecule has 0 fully saturated rings. The summed E-state index contributed by atoms with van der Waals surface area (Å²) >= 11 is 0. The van der Waals surface area contributed by atoms with E-state index in [1.54, 1.807) is 0 Å². The van der Waals surface area contributed by atoms with Crippen LogP contribution in [0.2, 0.25) is 0 Å². The fraction of sp³-hybridized carbons (Fsp3) is 0.278. The maximum absolute atomic E-state index is 10.6. The highest BCUT2D eigenvalue weighted by Crippen LogP contribution is 2.15. The van der Waals surface area contributed by atoms with Gasteiger partial charge >= 0.3 is 5.97 Å². The predicted octanol–water partition coefficient (Wildman–Crippen LogP) is 3.93. The number of hydrogen-bond acceptors (Lipinski definition) is 2. The Hall–Kier alpha value is -2.29. The van der Waals surface area contributed by atoms with Gasteiger partial charge in [-0.25, -0.2) is 0 Å². The normalized spacial score (nSPS) is 10.4. The largest absolute Gasteiger partial charge is 0.481 e. The van der Waals surface area contributed by atoms with Crippen molar-refractivity contribution in [2.45, 2.75) is 33.2 Å². The molecule has 0 bridgehead atoms. The van der Waals surface area contributed by atoms with Gasteiger partial charge < -0.3 is 10.4 Å². The highest BCUT2D eigenvalue weighted by Gasteiger charge is 2.01. The molecule has 0 aliphatic carbocycles. The zero-order valence-electron chi connectivity index (χ0n) is 12.5. The number of benzene rings is 2. The van der Waals surface area contributed by atoms with Crippen LogP contribution in [0.15, 0.2) is 42.5 Å². The van der Waals surface area contributed by atoms with Gasteiger partial charge in [0, 0.05) is 18.7 Å². The standard InChI is InChI=1S/C18H21NO2/c1-13-8-14(2)10-16(9-13)12-19-17-5-3-4-15(11-17)6-7-18(20)21/h3-5,8-11,19H,6-7,12H2,1-2H3,(H,20,21). The van der Waals surface area contributed by atoms with Gasteiger partial charge in [0.1, 0.15) is 0 Å². The first-order valence-corrected chi connectivity index (χ1v) is 7.15. The molecular formula is C18H21NO2. The van der Waals surface area contributed by atoms with Crippen LogP contribution in [0.5, 0.6) is 0 Å². The summed E-state index contributed by atoms with van der Waals surface area (Å²) in [5.41, 5.74) is 5.85. The van der Waals surface area contributed by atoms with Crippen LogP contribution >= 0.6 is 0 Å². The summed E-state index contributed by atoms with van der Waals surface area (Å²) < 4.78 is 0. The Balaban J connectivity index is 1.99. The molecule has 0 unspecified atom stereocenters. The molecule has 2 aromatic rings. The Labute approximate surface area is 125 Å². The van der Waals surface area contributed by atoms with E-state index in [0.29, 0.717) is 6.42 Å². The van der Waals surface area contributed by atoms with E-state index in [1.165, 1.54) is 16.7 Å². The van der Waals surface area contributed by atoms with Gasteiger partial charge in [0.2, 0.25) is 0 Å². The minimum absolute atomic E-state index is 0.167. The van der Waals surface area contributed by atoms with Gasteiger partial charge in [0.05, 0.1) is 0 Å². The van der Waals surface area contributed by atoms with Crippen molar-refractivity contribution in [2.75, 3.05) is 5.32 Å². The number of rotatable bonds is 6. The van der Waals surface area contributed by atoms with Crippen LogP contribution in [0.3, 0.4) is 0 Å². The lowest BCUT2D eigenvalue weighted by Crippen LogP contribution is -2.01. The quantitative estimate of drug-likeness (QED) is 0.844. The second-order valence-corrected chi connectivity index (χ2v) is 5.44. The van der Waals surface area contributed by atoms with E-state index < -0.39 is 5.97 Å². The third-order valence-electron chi connectivity index (χ3n) is 3.33. The zero-order chi connectivity index (χ0) is 15.2. The summed E-state index contributed by atoms with van der Waals surface area (Å²) in [6.45, 7) is 4.97. The SMILES string of the molecule is Cc1cc(C)cc(CNc2cccc(CCC(=O)O)c2)c1. The van der Waals surface area contributed by atoms with Crippen LogP contribution in [0.4, 0.5) is 5.69 Å². The molecule has 2 aromatic carbocycles. The van der Waals surface area contributed by atoms with Crippen molar-refractivity contribution < 1.29 is 9.90 Å². The molecule has 0 amide bonds. The third-order valence-corrected chi connectivity index (χ3v) is 3.33. The van der Waals surface area contributed by atoms with Gasteiger partial charge in [-0.15, -0.1) is 0 Å². The number of aliphatic carboxylic acids is 1. The van der Waals surface area contributed by atoms with Crippen LogP contribution < -0.4 is 5.32 Å². The predicted molar refractivity (Wildman–Crippen MR) is 85.6 cm³/mol. The molecule has 0 spiro atoms. The number of carboxylic acid groups (broad SMARTS) is 1. The molecular weight excluding hydrogens is 262 g/mol. The Kier molecular flexibility index (Phi) is 4.99. The zero-order valence-corrected chi connectivity index (χ0v) is 12.5. The third kappa shape index (κ3) is 4.95. The van der Waals surface area contributed by atoms with E-state index in [1.807, 2.05) is 24.3 Å². The highest BCUT2D eigenvalue weighted by atomic mass is 16.4. The molecule has 3 nitrogen and oxygen atoms in total. The molecule has 0 aliphatic heterocycles. The lowest BCUT2D eigenvalue weighted by atomic mass is 10.1. The molecule has 3 heteroatoms. The number of anilines is 1. The molecule has 0 saturated heterocycles. The first-order chi connectivity index (χ1) is 10.0. The van der Waals surface area contributed by atoms with Crippen LogP contribution in [0.25, 0.3) is 0 Å². The average molecular weight is 283 g/mol. The van der Waals surface area contributed by atoms with E-state index in [2.05, 4.69) is 37.4 Å². The van der Waals surface area contributed by atoms with Crippen molar-refractivity contribution in [2.24, 2.45) is 0 Å². The fourth-order valence-electron chi connectivity index (χ4n) is 2.46. The van der Waals surface area contributed by atoms with Crippen LogP contribution in [-0.2, 0) is 17.8 Å². The number of hydrogen-bond donors (Lipinski definition) is 2. The van der Waals surface area contributed by atoms with Crippen molar-refractivity contribution in [3.05, 3.63) is 64.7 Å². The van der Waals surface area contributed by atoms with E-state index in [-0.39, 0.29) is 6.42 Å². The summed E-state index contributed by atoms with van der Waals surface area (Å²) in [6.07, 6.45) is 0.731. The lowest BCUT2D eigenvalue weighted by molar-refractivity contribution is -0.136. The Morgan fingerprint density at radius 3 is 2.43 bits per heavy atom. The highest BCUT2D eigenvalue weighted by molar-refractivity contribution is 5.67. The van der Waals surface area contributed by atoms with E-state index >= 15 is 0 Å². The Morgan fingerprint density at radius 2 is 1.76 bits per heavy atom. The first-order valence-electron chi connectivity index (χ1n) is 7.15. The fourth-order valence-corrected chi connectivity index (χ4v) is 2.46. The first kappa shape index (κ1) is 15.1. The molecule has 0 aromatic heterocycles. The van der Waals surface area contributed by atoms with Crippen LogP contribution in [0.1, 0.15) is 28.7 Å². The summed E-state index contributed by atoms with van der Waals surface area (Å²) in [5, 5.41) is 12.1. The molecule has 0 heterocycles. The Bertz CT molecular complexity index is 615. The molecule has 110 valence electrons. The van der Waals surface area contributed by atoms with Gasteiger partial charge in [-0.2, -0.15) is 0 Å². The second kappa shape index (κ2) is 6.93. The van der Waals surface area contributed by atoms with E-state index in [9.17, 15) is 4.79 Å². The maximum atomic E-state index is 10.6. The summed E-state index contributed by atoms with van der Waals surface area (Å²) in [4.78, 5) is 10.6. The minimum Gasteiger partial charge on any atom is -0.481 e. The molecule has 0 radical (unpaired) electrons.